The van der Waals surface area contributed by atoms with Crippen LogP contribution >= 0.6 is 0 Å². The van der Waals surface area contributed by atoms with E-state index >= 15 is 0 Å². The van der Waals surface area contributed by atoms with Crippen LogP contribution in [0.5, 0.6) is 5.75 Å². The summed E-state index contributed by atoms with van der Waals surface area (Å²) in [7, 11) is 3.81. The minimum atomic E-state index is 0.0210. The Balaban J connectivity index is 2.19. The van der Waals surface area contributed by atoms with E-state index in [2.05, 4.69) is 42.9 Å². The maximum Gasteiger partial charge on any atom is 0.193 e. The molecule has 5 nitrogen and oxygen atoms in total. The fourth-order valence-electron chi connectivity index (χ4n) is 3.52. The highest BCUT2D eigenvalue weighted by Crippen LogP contribution is 2.36. The van der Waals surface area contributed by atoms with Gasteiger partial charge in [0.05, 0.1) is 13.7 Å². The first-order valence-corrected chi connectivity index (χ1v) is 9.98. The van der Waals surface area contributed by atoms with Gasteiger partial charge in [0.15, 0.2) is 5.96 Å². The molecule has 0 atom stereocenters. The molecule has 1 aromatic carbocycles. The van der Waals surface area contributed by atoms with Crippen LogP contribution < -0.4 is 10.1 Å². The molecule has 1 saturated heterocycles. The number of nitrogens with zero attached hydrogens (tertiary/aromatic N) is 2. The summed E-state index contributed by atoms with van der Waals surface area (Å²) >= 11 is 0. The highest BCUT2D eigenvalue weighted by atomic mass is 16.5. The van der Waals surface area contributed by atoms with Crippen LogP contribution in [0.4, 0.5) is 0 Å². The summed E-state index contributed by atoms with van der Waals surface area (Å²) in [4.78, 5) is 7.24. The molecule has 0 aromatic heterocycles. The lowest BCUT2D eigenvalue weighted by atomic mass is 9.74. The Morgan fingerprint density at radius 1 is 1.33 bits per heavy atom. The van der Waals surface area contributed by atoms with Crippen molar-refractivity contribution in [2.75, 3.05) is 47.0 Å². The van der Waals surface area contributed by atoms with E-state index in [1.54, 1.807) is 7.11 Å². The van der Waals surface area contributed by atoms with E-state index in [1.807, 2.05) is 18.2 Å². The van der Waals surface area contributed by atoms with E-state index in [4.69, 9.17) is 14.5 Å². The van der Waals surface area contributed by atoms with Gasteiger partial charge in [-0.15, -0.1) is 6.58 Å². The highest BCUT2D eigenvalue weighted by Gasteiger charge is 2.34. The van der Waals surface area contributed by atoms with Crippen LogP contribution in [0.25, 0.3) is 0 Å². The maximum absolute atomic E-state index is 5.65. The third-order valence-electron chi connectivity index (χ3n) is 5.28. The van der Waals surface area contributed by atoms with Crippen LogP contribution in [0.1, 0.15) is 38.2 Å². The summed E-state index contributed by atoms with van der Waals surface area (Å²) in [5.74, 6) is 1.86. The van der Waals surface area contributed by atoms with E-state index in [0.717, 1.165) is 70.2 Å². The molecule has 1 aliphatic heterocycles. The molecule has 1 heterocycles. The second kappa shape index (κ2) is 11.0. The van der Waals surface area contributed by atoms with Crippen molar-refractivity contribution in [3.05, 3.63) is 42.5 Å². The lowest BCUT2D eigenvalue weighted by Crippen LogP contribution is -2.42. The summed E-state index contributed by atoms with van der Waals surface area (Å²) in [5.41, 5.74) is 1.34. The number of nitrogens with one attached hydrogen (secondary N) is 1. The Kier molecular flexibility index (Phi) is 8.65. The molecule has 0 radical (unpaired) electrons. The number of benzene rings is 1. The van der Waals surface area contributed by atoms with Crippen molar-refractivity contribution >= 4 is 5.96 Å². The fourth-order valence-corrected chi connectivity index (χ4v) is 3.52. The van der Waals surface area contributed by atoms with E-state index in [9.17, 15) is 0 Å². The number of hydrogen-bond donors (Lipinski definition) is 1. The zero-order valence-corrected chi connectivity index (χ0v) is 17.2. The number of rotatable bonds is 9. The molecule has 2 rings (SSSR count). The topological polar surface area (TPSA) is 46.1 Å². The number of aliphatic imine (C=N–C) groups is 1. The molecule has 150 valence electrons. The van der Waals surface area contributed by atoms with Crippen molar-refractivity contribution in [2.45, 2.75) is 38.0 Å². The molecule has 0 amide bonds. The molecule has 0 bridgehead atoms. The zero-order chi connectivity index (χ0) is 19.5. The van der Waals surface area contributed by atoms with Crippen LogP contribution in [-0.2, 0) is 10.2 Å². The highest BCUT2D eigenvalue weighted by molar-refractivity contribution is 5.79. The number of allylic oxidation sites excluding steroid dienone is 1. The Morgan fingerprint density at radius 2 is 2.04 bits per heavy atom. The fraction of sp³-hybridized carbons (Fsp3) is 0.591. The average molecular weight is 374 g/mol. The van der Waals surface area contributed by atoms with Gasteiger partial charge in [0.1, 0.15) is 5.75 Å². The molecule has 1 fully saturated rings. The number of unbranched alkanes of at least 4 members (excludes halogenated alkanes) is 1. The van der Waals surface area contributed by atoms with Crippen LogP contribution in [0.15, 0.2) is 41.9 Å². The molecular formula is C22H35N3O2. The Hall–Kier alpha value is -2.01. The number of guanidine groups is 1. The van der Waals surface area contributed by atoms with Crippen molar-refractivity contribution in [2.24, 2.45) is 4.99 Å². The predicted octanol–water partition coefficient (Wildman–Crippen LogP) is 3.61. The van der Waals surface area contributed by atoms with Crippen LogP contribution in [0.2, 0.25) is 0 Å². The SMILES string of the molecule is C=CCCCN(C)C(=NCC1(c2ccc(OC)cc2)CCOCC1)NCC. The average Bonchev–Trinajstić information content (AvgIpc) is 2.72. The first kappa shape index (κ1) is 21.3. The monoisotopic (exact) mass is 373 g/mol. The van der Waals surface area contributed by atoms with Crippen molar-refractivity contribution in [1.29, 1.82) is 0 Å². The second-order valence-corrected chi connectivity index (χ2v) is 7.14. The number of ether oxygens (including phenoxy) is 2. The molecule has 0 saturated carbocycles. The van der Waals surface area contributed by atoms with Crippen LogP contribution in [0, 0.1) is 0 Å². The molecular weight excluding hydrogens is 338 g/mol. The van der Waals surface area contributed by atoms with E-state index in [1.165, 1.54) is 5.56 Å². The third-order valence-corrected chi connectivity index (χ3v) is 5.28. The molecule has 1 aromatic rings. The molecule has 1 aliphatic rings. The largest absolute Gasteiger partial charge is 0.497 e. The summed E-state index contributed by atoms with van der Waals surface area (Å²) in [6, 6.07) is 8.45. The standard InChI is InChI=1S/C22H35N3O2/c1-5-7-8-15-25(3)21(23-6-2)24-18-22(13-16-27-17-14-22)19-9-11-20(26-4)12-10-19/h5,9-12H,1,6-8,13-18H2,2-4H3,(H,23,24). The number of hydrogen-bond acceptors (Lipinski definition) is 3. The smallest absolute Gasteiger partial charge is 0.193 e. The van der Waals surface area contributed by atoms with Crippen molar-refractivity contribution < 1.29 is 9.47 Å². The van der Waals surface area contributed by atoms with Crippen LogP contribution in [0.3, 0.4) is 0 Å². The summed E-state index contributed by atoms with van der Waals surface area (Å²) in [6.45, 7) is 10.1. The van der Waals surface area contributed by atoms with Crippen molar-refractivity contribution in [1.82, 2.24) is 10.2 Å². The van der Waals surface area contributed by atoms with Gasteiger partial charge in [0, 0.05) is 38.8 Å². The maximum atomic E-state index is 5.65. The zero-order valence-electron chi connectivity index (χ0n) is 17.2. The van der Waals surface area contributed by atoms with E-state index < -0.39 is 0 Å². The quantitative estimate of drug-likeness (QED) is 0.311. The molecule has 1 N–H and O–H groups in total. The number of methoxy groups -OCH3 is 1. The van der Waals surface area contributed by atoms with Gasteiger partial charge < -0.3 is 19.7 Å². The Morgan fingerprint density at radius 3 is 2.63 bits per heavy atom. The van der Waals surface area contributed by atoms with E-state index in [-0.39, 0.29) is 5.41 Å². The Labute approximate surface area is 164 Å². The normalized spacial score (nSPS) is 16.6. The van der Waals surface area contributed by atoms with Crippen molar-refractivity contribution in [3.8, 4) is 5.75 Å². The molecule has 27 heavy (non-hydrogen) atoms. The van der Waals surface area contributed by atoms with E-state index in [0.29, 0.717) is 0 Å². The first-order chi connectivity index (χ1) is 13.1. The third kappa shape index (κ3) is 5.99. The summed E-state index contributed by atoms with van der Waals surface area (Å²) in [6.07, 6.45) is 6.06. The van der Waals surface area contributed by atoms with Gasteiger partial charge in [-0.3, -0.25) is 4.99 Å². The summed E-state index contributed by atoms with van der Waals surface area (Å²) in [5, 5.41) is 3.43. The molecule has 0 spiro atoms. The second-order valence-electron chi connectivity index (χ2n) is 7.14. The molecule has 0 aliphatic carbocycles. The minimum absolute atomic E-state index is 0.0210. The lowest BCUT2D eigenvalue weighted by Gasteiger charge is -2.37. The van der Waals surface area contributed by atoms with Gasteiger partial charge in [-0.05, 0) is 50.3 Å². The van der Waals surface area contributed by atoms with Gasteiger partial charge >= 0.3 is 0 Å². The lowest BCUT2D eigenvalue weighted by molar-refractivity contribution is 0.0530. The molecule has 5 heteroatoms. The van der Waals surface area contributed by atoms with Gasteiger partial charge in [0.2, 0.25) is 0 Å². The van der Waals surface area contributed by atoms with Gasteiger partial charge in [0.25, 0.3) is 0 Å². The minimum Gasteiger partial charge on any atom is -0.497 e. The predicted molar refractivity (Wildman–Crippen MR) is 113 cm³/mol. The Bertz CT molecular complexity index is 592. The van der Waals surface area contributed by atoms with Crippen LogP contribution in [-0.4, -0.2) is 57.9 Å². The van der Waals surface area contributed by atoms with Gasteiger partial charge in [-0.2, -0.15) is 0 Å². The van der Waals surface area contributed by atoms with Gasteiger partial charge in [-0.25, -0.2) is 0 Å². The molecule has 0 unspecified atom stereocenters. The summed E-state index contributed by atoms with van der Waals surface area (Å²) < 4.78 is 11.0. The van der Waals surface area contributed by atoms with Crippen molar-refractivity contribution in [3.63, 3.8) is 0 Å². The van der Waals surface area contributed by atoms with Gasteiger partial charge in [-0.1, -0.05) is 18.2 Å². The first-order valence-electron chi connectivity index (χ1n) is 9.98.